The molecule has 29 heavy (non-hydrogen) atoms. The summed E-state index contributed by atoms with van der Waals surface area (Å²) in [4.78, 5) is 7.59. The molecule has 2 heterocycles. The zero-order valence-corrected chi connectivity index (χ0v) is 18.6. The normalized spacial score (nSPS) is 18.7. The van der Waals surface area contributed by atoms with E-state index in [1.165, 1.54) is 11.7 Å². The lowest BCUT2D eigenvalue weighted by atomic mass is 9.75. The molecular weight excluding hydrogens is 358 g/mol. The molecule has 5 heteroatoms. The van der Waals surface area contributed by atoms with Gasteiger partial charge in [-0.3, -0.25) is 9.98 Å². The summed E-state index contributed by atoms with van der Waals surface area (Å²) in [5.74, 6) is 0.494. The molecule has 156 valence electrons. The Bertz CT molecular complexity index is 889. The van der Waals surface area contributed by atoms with E-state index in [2.05, 4.69) is 68.1 Å². The summed E-state index contributed by atoms with van der Waals surface area (Å²) in [5, 5.41) is 14.5. The Morgan fingerprint density at radius 2 is 1.83 bits per heavy atom. The van der Waals surface area contributed by atoms with Gasteiger partial charge in [0.25, 0.3) is 0 Å². The van der Waals surface area contributed by atoms with Crippen molar-refractivity contribution in [2.45, 2.75) is 58.5 Å². The van der Waals surface area contributed by atoms with Crippen molar-refractivity contribution in [3.8, 4) is 0 Å². The summed E-state index contributed by atoms with van der Waals surface area (Å²) in [6.07, 6.45) is 11.4. The van der Waals surface area contributed by atoms with E-state index in [9.17, 15) is 0 Å². The summed E-state index contributed by atoms with van der Waals surface area (Å²) >= 11 is 0. The van der Waals surface area contributed by atoms with Crippen LogP contribution < -0.4 is 11.1 Å². The van der Waals surface area contributed by atoms with Crippen LogP contribution in [-0.4, -0.2) is 35.2 Å². The number of nitrogens with zero attached hydrogens (tertiary/aromatic N) is 2. The lowest BCUT2D eigenvalue weighted by molar-refractivity contribution is 0.150. The van der Waals surface area contributed by atoms with Crippen LogP contribution in [0.2, 0.25) is 0 Å². The molecule has 0 atom stereocenters. The number of piperidine rings is 1. The number of allylic oxidation sites excluding steroid dienone is 2. The Labute approximate surface area is 175 Å². The highest BCUT2D eigenvalue weighted by molar-refractivity contribution is 6.09. The number of nitrogens with two attached hydrogens (primary N) is 1. The highest BCUT2D eigenvalue weighted by Gasteiger charge is 2.36. The van der Waals surface area contributed by atoms with Crippen LogP contribution in [0.3, 0.4) is 0 Å². The van der Waals surface area contributed by atoms with Crippen molar-refractivity contribution in [3.63, 3.8) is 0 Å². The topological polar surface area (TPSA) is 87.2 Å². The van der Waals surface area contributed by atoms with E-state index in [0.29, 0.717) is 11.6 Å². The fraction of sp³-hybridized carbons (Fsp3) is 0.458. The molecule has 0 bridgehead atoms. The smallest absolute Gasteiger partial charge is 0.0794 e. The SMILES string of the molecule is CN=CN.Cc1cc2ccncc2cc1C(=N)/C=C\C1CC(C)(C)NC(C)(C)C1. The molecule has 1 fully saturated rings. The average Bonchev–Trinajstić information content (AvgIpc) is 2.63. The molecule has 4 N–H and O–H groups in total. The van der Waals surface area contributed by atoms with Crippen molar-refractivity contribution in [3.05, 3.63) is 53.9 Å². The molecule has 1 aliphatic rings. The van der Waals surface area contributed by atoms with Gasteiger partial charge in [0.05, 0.1) is 12.1 Å². The van der Waals surface area contributed by atoms with Crippen molar-refractivity contribution < 1.29 is 0 Å². The Balaban J connectivity index is 0.000000687. The first-order valence-corrected chi connectivity index (χ1v) is 10.1. The third kappa shape index (κ3) is 6.50. The van der Waals surface area contributed by atoms with E-state index in [1.54, 1.807) is 7.05 Å². The van der Waals surface area contributed by atoms with Gasteiger partial charge in [0.2, 0.25) is 0 Å². The first-order chi connectivity index (χ1) is 13.6. The maximum absolute atomic E-state index is 8.54. The molecule has 0 unspecified atom stereocenters. The van der Waals surface area contributed by atoms with Crippen molar-refractivity contribution in [2.75, 3.05) is 7.05 Å². The van der Waals surface area contributed by atoms with Gasteiger partial charge in [-0.15, -0.1) is 0 Å². The predicted molar refractivity (Wildman–Crippen MR) is 125 cm³/mol. The van der Waals surface area contributed by atoms with Gasteiger partial charge >= 0.3 is 0 Å². The van der Waals surface area contributed by atoms with E-state index >= 15 is 0 Å². The van der Waals surface area contributed by atoms with Crippen LogP contribution in [0.1, 0.15) is 51.7 Å². The van der Waals surface area contributed by atoms with Gasteiger partial charge in [-0.1, -0.05) is 12.1 Å². The summed E-state index contributed by atoms with van der Waals surface area (Å²) in [6, 6.07) is 6.25. The molecule has 0 aliphatic carbocycles. The first-order valence-electron chi connectivity index (χ1n) is 10.1. The maximum Gasteiger partial charge on any atom is 0.0794 e. The van der Waals surface area contributed by atoms with Gasteiger partial charge in [0, 0.05) is 41.5 Å². The van der Waals surface area contributed by atoms with Crippen molar-refractivity contribution in [2.24, 2.45) is 16.6 Å². The van der Waals surface area contributed by atoms with Crippen LogP contribution >= 0.6 is 0 Å². The van der Waals surface area contributed by atoms with Gasteiger partial charge in [-0.25, -0.2) is 0 Å². The molecule has 0 saturated carbocycles. The lowest BCUT2D eigenvalue weighted by Gasteiger charge is -2.45. The molecule has 1 aliphatic heterocycles. The van der Waals surface area contributed by atoms with E-state index in [4.69, 9.17) is 11.1 Å². The van der Waals surface area contributed by atoms with Crippen LogP contribution in [0.15, 0.2) is 47.7 Å². The quantitative estimate of drug-likeness (QED) is 0.525. The zero-order chi connectivity index (χ0) is 21.7. The Morgan fingerprint density at radius 3 is 2.41 bits per heavy atom. The monoisotopic (exact) mass is 393 g/mol. The number of rotatable bonds is 3. The molecule has 1 saturated heterocycles. The summed E-state index contributed by atoms with van der Waals surface area (Å²) in [6.45, 7) is 11.1. The maximum atomic E-state index is 8.54. The first kappa shape index (κ1) is 22.8. The summed E-state index contributed by atoms with van der Waals surface area (Å²) in [5.41, 5.74) is 7.70. The minimum Gasteiger partial charge on any atom is -0.390 e. The number of aryl methyl sites for hydroxylation is 1. The highest BCUT2D eigenvalue weighted by atomic mass is 15.0. The van der Waals surface area contributed by atoms with Crippen LogP contribution in [0.5, 0.6) is 0 Å². The largest absolute Gasteiger partial charge is 0.390 e. The van der Waals surface area contributed by atoms with Crippen molar-refractivity contribution in [1.82, 2.24) is 10.3 Å². The molecule has 5 nitrogen and oxygen atoms in total. The predicted octanol–water partition coefficient (Wildman–Crippen LogP) is 4.63. The second-order valence-corrected chi connectivity index (χ2v) is 9.13. The fourth-order valence-corrected chi connectivity index (χ4v) is 4.40. The van der Waals surface area contributed by atoms with Crippen LogP contribution in [0.4, 0.5) is 0 Å². The van der Waals surface area contributed by atoms with Gasteiger partial charge < -0.3 is 16.5 Å². The second-order valence-electron chi connectivity index (χ2n) is 9.13. The molecule has 2 aromatic rings. The van der Waals surface area contributed by atoms with Crippen LogP contribution in [0, 0.1) is 18.3 Å². The van der Waals surface area contributed by atoms with Gasteiger partial charge in [-0.05, 0) is 82.5 Å². The average molecular weight is 394 g/mol. The number of pyridine rings is 1. The number of benzene rings is 1. The number of aromatic nitrogens is 1. The third-order valence-electron chi connectivity index (χ3n) is 5.18. The lowest BCUT2D eigenvalue weighted by Crippen LogP contribution is -2.57. The molecule has 3 rings (SSSR count). The number of fused-ring (bicyclic) bond motifs is 1. The molecule has 0 amide bonds. The van der Waals surface area contributed by atoms with Crippen molar-refractivity contribution in [1.29, 1.82) is 5.41 Å². The van der Waals surface area contributed by atoms with Crippen LogP contribution in [0.25, 0.3) is 10.8 Å². The Morgan fingerprint density at radius 1 is 1.21 bits per heavy atom. The Hall–Kier alpha value is -2.53. The number of aliphatic imine (C=N–C) groups is 1. The summed E-state index contributed by atoms with van der Waals surface area (Å²) in [7, 11) is 1.62. The van der Waals surface area contributed by atoms with Crippen molar-refractivity contribution >= 4 is 22.8 Å². The van der Waals surface area contributed by atoms with E-state index in [0.717, 1.165) is 29.4 Å². The number of hydrogen-bond donors (Lipinski definition) is 3. The standard InChI is InChI=1S/C22H29N3.C2H6N2/c1-15-10-17-8-9-24-14-18(17)11-19(15)20(23)7-6-16-12-21(2,3)25-22(4,5)13-16;1-4-2-3/h6-11,14,16,23,25H,12-13H2,1-5H3;2H,1H3,(H2,3,4)/b7-6-,23-20?;. The Kier molecular flexibility index (Phi) is 7.31. The second kappa shape index (κ2) is 9.31. The van der Waals surface area contributed by atoms with E-state index < -0.39 is 0 Å². The minimum absolute atomic E-state index is 0.128. The number of hydrogen-bond acceptors (Lipinski definition) is 4. The molecule has 1 aromatic heterocycles. The van der Waals surface area contributed by atoms with Gasteiger partial charge in [0.1, 0.15) is 0 Å². The number of nitrogens with one attached hydrogen (secondary N) is 2. The van der Waals surface area contributed by atoms with E-state index in [1.807, 2.05) is 24.5 Å². The molecule has 0 spiro atoms. The zero-order valence-electron chi connectivity index (χ0n) is 18.6. The molecule has 1 aromatic carbocycles. The highest BCUT2D eigenvalue weighted by Crippen LogP contribution is 2.33. The van der Waals surface area contributed by atoms with Gasteiger partial charge in [-0.2, -0.15) is 0 Å². The summed E-state index contributed by atoms with van der Waals surface area (Å²) < 4.78 is 0. The van der Waals surface area contributed by atoms with Crippen LogP contribution in [-0.2, 0) is 0 Å². The molecule has 0 radical (unpaired) electrons. The molecular formula is C24H35N5. The fourth-order valence-electron chi connectivity index (χ4n) is 4.40. The minimum atomic E-state index is 0.128. The van der Waals surface area contributed by atoms with Gasteiger partial charge in [0.15, 0.2) is 0 Å². The van der Waals surface area contributed by atoms with E-state index in [-0.39, 0.29) is 11.1 Å². The third-order valence-corrected chi connectivity index (χ3v) is 5.18.